The van der Waals surface area contributed by atoms with E-state index in [9.17, 15) is 0 Å². The molecule has 1 aliphatic rings. The predicted octanol–water partition coefficient (Wildman–Crippen LogP) is 11.8. The molecule has 216 valence electrons. The van der Waals surface area contributed by atoms with Crippen molar-refractivity contribution in [3.63, 3.8) is 0 Å². The Morgan fingerprint density at radius 1 is 0.348 bits per heavy atom. The molecule has 1 aliphatic heterocycles. The summed E-state index contributed by atoms with van der Waals surface area (Å²) in [5.41, 5.74) is 11.4. The highest BCUT2D eigenvalue weighted by Crippen LogP contribution is 2.48. The van der Waals surface area contributed by atoms with Crippen molar-refractivity contribution in [2.45, 2.75) is 5.41 Å². The van der Waals surface area contributed by atoms with Crippen LogP contribution < -0.4 is 5.32 Å². The van der Waals surface area contributed by atoms with E-state index < -0.39 is 5.41 Å². The molecule has 0 aliphatic carbocycles. The molecule has 0 saturated carbocycles. The van der Waals surface area contributed by atoms with Gasteiger partial charge in [0, 0.05) is 16.9 Å². The number of hydrogen-bond acceptors (Lipinski definition) is 1. The summed E-state index contributed by atoms with van der Waals surface area (Å²) in [6.07, 6.45) is 0. The van der Waals surface area contributed by atoms with Crippen molar-refractivity contribution in [2.24, 2.45) is 0 Å². The number of anilines is 2. The maximum Gasteiger partial charge on any atom is 0.0702 e. The van der Waals surface area contributed by atoms with E-state index in [2.05, 4.69) is 187 Å². The van der Waals surface area contributed by atoms with Gasteiger partial charge in [0.2, 0.25) is 0 Å². The van der Waals surface area contributed by atoms with Gasteiger partial charge in [0.05, 0.1) is 5.41 Å². The molecule has 4 bridgehead atoms. The van der Waals surface area contributed by atoms with Gasteiger partial charge in [-0.2, -0.15) is 0 Å². The summed E-state index contributed by atoms with van der Waals surface area (Å²) in [6, 6.07) is 66.8. The molecular formula is C45H31N. The lowest BCUT2D eigenvalue weighted by Crippen LogP contribution is -2.31. The molecule has 0 atom stereocenters. The van der Waals surface area contributed by atoms with Crippen molar-refractivity contribution in [3.05, 3.63) is 204 Å². The van der Waals surface area contributed by atoms with Gasteiger partial charge in [0.25, 0.3) is 0 Å². The molecule has 0 spiro atoms. The molecule has 46 heavy (non-hydrogen) atoms. The zero-order valence-electron chi connectivity index (χ0n) is 25.3. The van der Waals surface area contributed by atoms with Crippen LogP contribution in [0.3, 0.4) is 0 Å². The van der Waals surface area contributed by atoms with Gasteiger partial charge < -0.3 is 5.32 Å². The molecular weight excluding hydrogens is 555 g/mol. The average Bonchev–Trinajstić information content (AvgIpc) is 3.13. The van der Waals surface area contributed by atoms with Crippen molar-refractivity contribution in [1.29, 1.82) is 0 Å². The van der Waals surface area contributed by atoms with Crippen LogP contribution in [0.1, 0.15) is 22.3 Å². The molecule has 1 heterocycles. The normalized spacial score (nSPS) is 13.1. The van der Waals surface area contributed by atoms with Gasteiger partial charge in [-0.3, -0.25) is 0 Å². The van der Waals surface area contributed by atoms with Crippen molar-refractivity contribution >= 4 is 32.9 Å². The third-order valence-corrected chi connectivity index (χ3v) is 9.71. The van der Waals surface area contributed by atoms with Crippen LogP contribution in [-0.4, -0.2) is 0 Å². The average molecular weight is 586 g/mol. The molecule has 0 unspecified atom stereocenters. The zero-order valence-corrected chi connectivity index (χ0v) is 25.3. The van der Waals surface area contributed by atoms with Crippen LogP contribution in [0.25, 0.3) is 43.8 Å². The Kier molecular flexibility index (Phi) is 6.11. The third-order valence-electron chi connectivity index (χ3n) is 9.71. The second-order valence-corrected chi connectivity index (χ2v) is 12.2. The second-order valence-electron chi connectivity index (χ2n) is 12.2. The molecule has 1 nitrogen and oxygen atoms in total. The lowest BCUT2D eigenvalue weighted by atomic mass is 9.65. The SMILES string of the molecule is c1ccc(C2(c3ccccc3)c3cccc(c3)Nc3ccc(-c4cccc5ccccc45)cc3-c3cccc4ccc2cc34)cc1. The number of hydrogen-bond donors (Lipinski definition) is 1. The quantitative estimate of drug-likeness (QED) is 0.217. The maximum atomic E-state index is 3.87. The van der Waals surface area contributed by atoms with Gasteiger partial charge in [-0.25, -0.2) is 0 Å². The molecule has 1 heteroatoms. The lowest BCUT2D eigenvalue weighted by molar-refractivity contribution is 0.747. The summed E-state index contributed by atoms with van der Waals surface area (Å²) >= 11 is 0. The minimum atomic E-state index is -0.522. The van der Waals surface area contributed by atoms with Crippen LogP contribution in [0.15, 0.2) is 182 Å². The molecule has 0 radical (unpaired) electrons. The Balaban J connectivity index is 1.39. The number of nitrogens with one attached hydrogen (secondary N) is 1. The summed E-state index contributed by atoms with van der Waals surface area (Å²) in [5, 5.41) is 8.85. The van der Waals surface area contributed by atoms with E-state index in [0.29, 0.717) is 0 Å². The van der Waals surface area contributed by atoms with Crippen molar-refractivity contribution < 1.29 is 0 Å². The second kappa shape index (κ2) is 10.6. The largest absolute Gasteiger partial charge is 0.355 e. The highest BCUT2D eigenvalue weighted by molar-refractivity contribution is 6.03. The van der Waals surface area contributed by atoms with E-state index in [1.165, 1.54) is 66.1 Å². The maximum absolute atomic E-state index is 3.87. The summed E-state index contributed by atoms with van der Waals surface area (Å²) in [7, 11) is 0. The van der Waals surface area contributed by atoms with Gasteiger partial charge in [-0.1, -0.05) is 152 Å². The molecule has 0 saturated heterocycles. The Bertz CT molecular complexity index is 2340. The standard InChI is InChI=1S/C45H31N/c1-3-15-34(16-4-1)45(35-17-5-2-6-18-35)36-19-11-20-38(29-36)46-44-27-25-33(40-22-9-13-31-12-7-8-21-39(31)40)28-43(44)41-23-10-14-32-24-26-37(45)30-42(32)41/h1-30,46H. The summed E-state index contributed by atoms with van der Waals surface area (Å²) in [6.45, 7) is 0. The van der Waals surface area contributed by atoms with Crippen LogP contribution >= 0.6 is 0 Å². The molecule has 0 aromatic heterocycles. The minimum Gasteiger partial charge on any atom is -0.355 e. The number of fused-ring (bicyclic) bond motifs is 6. The minimum absolute atomic E-state index is 0.522. The van der Waals surface area contributed by atoms with E-state index in [0.717, 1.165) is 11.4 Å². The first-order valence-electron chi connectivity index (χ1n) is 15.9. The number of rotatable bonds is 3. The topological polar surface area (TPSA) is 12.0 Å². The first kappa shape index (κ1) is 26.5. The van der Waals surface area contributed by atoms with Crippen LogP contribution in [0.2, 0.25) is 0 Å². The Labute approximate surface area is 269 Å². The van der Waals surface area contributed by atoms with Gasteiger partial charge >= 0.3 is 0 Å². The van der Waals surface area contributed by atoms with E-state index in [4.69, 9.17) is 0 Å². The van der Waals surface area contributed by atoms with Crippen molar-refractivity contribution in [3.8, 4) is 22.3 Å². The molecule has 0 fully saturated rings. The number of benzene rings is 8. The smallest absolute Gasteiger partial charge is 0.0702 e. The van der Waals surface area contributed by atoms with Crippen LogP contribution in [0.4, 0.5) is 11.4 Å². The van der Waals surface area contributed by atoms with Crippen LogP contribution in [0.5, 0.6) is 0 Å². The fourth-order valence-corrected chi connectivity index (χ4v) is 7.62. The van der Waals surface area contributed by atoms with Crippen LogP contribution in [0, 0.1) is 0 Å². The van der Waals surface area contributed by atoms with Gasteiger partial charge in [-0.15, -0.1) is 0 Å². The molecule has 0 amide bonds. The first-order chi connectivity index (χ1) is 22.8. The van der Waals surface area contributed by atoms with Gasteiger partial charge in [0.15, 0.2) is 0 Å². The lowest BCUT2D eigenvalue weighted by Gasteiger charge is -2.37. The molecule has 1 N–H and O–H groups in total. The van der Waals surface area contributed by atoms with E-state index in [1.807, 2.05) is 0 Å². The van der Waals surface area contributed by atoms with Gasteiger partial charge in [-0.05, 0) is 90.8 Å². The first-order valence-corrected chi connectivity index (χ1v) is 15.9. The summed E-state index contributed by atoms with van der Waals surface area (Å²) in [4.78, 5) is 0. The van der Waals surface area contributed by atoms with Crippen LogP contribution in [-0.2, 0) is 5.41 Å². The highest BCUT2D eigenvalue weighted by Gasteiger charge is 2.39. The highest BCUT2D eigenvalue weighted by atomic mass is 14.9. The Morgan fingerprint density at radius 2 is 0.957 bits per heavy atom. The van der Waals surface area contributed by atoms with Gasteiger partial charge in [0.1, 0.15) is 0 Å². The van der Waals surface area contributed by atoms with E-state index >= 15 is 0 Å². The van der Waals surface area contributed by atoms with Crippen molar-refractivity contribution in [1.82, 2.24) is 0 Å². The zero-order chi connectivity index (χ0) is 30.5. The molecule has 8 aromatic rings. The van der Waals surface area contributed by atoms with E-state index in [-0.39, 0.29) is 0 Å². The predicted molar refractivity (Wildman–Crippen MR) is 194 cm³/mol. The fraction of sp³-hybridized carbons (Fsp3) is 0.0222. The fourth-order valence-electron chi connectivity index (χ4n) is 7.62. The summed E-state index contributed by atoms with van der Waals surface area (Å²) in [5.74, 6) is 0. The van der Waals surface area contributed by atoms with E-state index in [1.54, 1.807) is 0 Å². The molecule has 8 aromatic carbocycles. The molecule has 9 rings (SSSR count). The third kappa shape index (κ3) is 4.09. The summed E-state index contributed by atoms with van der Waals surface area (Å²) < 4.78 is 0. The Hall–Kier alpha value is -5.92. The Morgan fingerprint density at radius 3 is 1.74 bits per heavy atom. The monoisotopic (exact) mass is 585 g/mol. The van der Waals surface area contributed by atoms with Crippen molar-refractivity contribution in [2.75, 3.05) is 5.32 Å².